The van der Waals surface area contributed by atoms with E-state index >= 15 is 0 Å². The van der Waals surface area contributed by atoms with E-state index in [1.54, 1.807) is 0 Å². The maximum absolute atomic E-state index is 9.03. The highest BCUT2D eigenvalue weighted by Gasteiger charge is 2.19. The van der Waals surface area contributed by atoms with Crippen molar-refractivity contribution < 1.29 is 5.11 Å². The molecule has 1 rings (SSSR count). The van der Waals surface area contributed by atoms with E-state index in [0.29, 0.717) is 6.04 Å². The van der Waals surface area contributed by atoms with Crippen molar-refractivity contribution in [2.75, 3.05) is 6.54 Å². The Morgan fingerprint density at radius 3 is 3.00 bits per heavy atom. The number of aliphatic hydroxyl groups excluding tert-OH is 1. The summed E-state index contributed by atoms with van der Waals surface area (Å²) >= 11 is 0. The van der Waals surface area contributed by atoms with Gasteiger partial charge in [-0.3, -0.25) is 0 Å². The molecule has 1 heterocycles. The average molecular weight is 127 g/mol. The third-order valence-corrected chi connectivity index (χ3v) is 1.65. The summed E-state index contributed by atoms with van der Waals surface area (Å²) in [7, 11) is 0. The Morgan fingerprint density at radius 2 is 2.56 bits per heavy atom. The Morgan fingerprint density at radius 1 is 1.78 bits per heavy atom. The molecule has 9 heavy (non-hydrogen) atoms. The predicted octanol–water partition coefficient (Wildman–Crippen LogP) is 0.285. The Balaban J connectivity index is 2.21. The minimum absolute atomic E-state index is 0.130. The van der Waals surface area contributed by atoms with Crippen molar-refractivity contribution in [3.63, 3.8) is 0 Å². The molecule has 0 bridgehead atoms. The van der Waals surface area contributed by atoms with Crippen LogP contribution in [0.4, 0.5) is 0 Å². The summed E-state index contributed by atoms with van der Waals surface area (Å²) in [6, 6.07) is 0.470. The first-order valence-electron chi connectivity index (χ1n) is 3.35. The van der Waals surface area contributed by atoms with Crippen LogP contribution in [0.2, 0.25) is 0 Å². The first kappa shape index (κ1) is 6.78. The number of nitrogens with one attached hydrogen (secondary N) is 1. The van der Waals surface area contributed by atoms with Crippen LogP contribution >= 0.6 is 0 Å². The molecule has 2 N–H and O–H groups in total. The smallest absolute Gasteiger partial charge is 0.0679 e. The van der Waals surface area contributed by atoms with Gasteiger partial charge in [0.05, 0.1) is 6.10 Å². The second-order valence-corrected chi connectivity index (χ2v) is 2.52. The standard InChI is InChI=1S/C7H13NO/c1-2-3-6-4-7(9)5-8-6/h2,6-9H,1,3-5H2/t6-,7+/m0/s1. The molecule has 0 spiro atoms. The summed E-state index contributed by atoms with van der Waals surface area (Å²) in [4.78, 5) is 0. The molecule has 1 fully saturated rings. The van der Waals surface area contributed by atoms with Crippen LogP contribution in [0.1, 0.15) is 12.8 Å². The molecule has 0 aliphatic carbocycles. The number of rotatable bonds is 2. The first-order valence-corrected chi connectivity index (χ1v) is 3.35. The molecule has 0 unspecified atom stereocenters. The van der Waals surface area contributed by atoms with Gasteiger partial charge in [0.15, 0.2) is 0 Å². The van der Waals surface area contributed by atoms with Gasteiger partial charge in [-0.2, -0.15) is 0 Å². The molecule has 0 amide bonds. The lowest BCUT2D eigenvalue weighted by Crippen LogP contribution is -2.20. The number of aliphatic hydroxyl groups is 1. The van der Waals surface area contributed by atoms with Crippen molar-refractivity contribution in [2.24, 2.45) is 0 Å². The van der Waals surface area contributed by atoms with Gasteiger partial charge in [-0.05, 0) is 12.8 Å². The lowest BCUT2D eigenvalue weighted by Gasteiger charge is -2.03. The average Bonchev–Trinajstić information content (AvgIpc) is 2.17. The van der Waals surface area contributed by atoms with Crippen LogP contribution in [0.5, 0.6) is 0 Å². The number of hydrogen-bond donors (Lipinski definition) is 2. The van der Waals surface area contributed by atoms with Gasteiger partial charge in [0.1, 0.15) is 0 Å². The minimum atomic E-state index is -0.130. The van der Waals surface area contributed by atoms with Gasteiger partial charge >= 0.3 is 0 Å². The molecular formula is C7H13NO. The zero-order valence-electron chi connectivity index (χ0n) is 5.51. The van der Waals surface area contributed by atoms with Gasteiger partial charge in [0, 0.05) is 12.6 Å². The SMILES string of the molecule is C=CC[C@H]1C[C@@H](O)CN1. The van der Waals surface area contributed by atoms with Crippen molar-refractivity contribution in [3.05, 3.63) is 12.7 Å². The van der Waals surface area contributed by atoms with E-state index in [2.05, 4.69) is 11.9 Å². The van der Waals surface area contributed by atoms with Crippen LogP contribution in [-0.4, -0.2) is 23.8 Å². The van der Waals surface area contributed by atoms with Gasteiger partial charge in [-0.15, -0.1) is 6.58 Å². The van der Waals surface area contributed by atoms with Crippen molar-refractivity contribution in [1.29, 1.82) is 0 Å². The predicted molar refractivity (Wildman–Crippen MR) is 37.2 cm³/mol. The summed E-state index contributed by atoms with van der Waals surface area (Å²) in [5.74, 6) is 0. The van der Waals surface area contributed by atoms with Crippen LogP contribution in [0.3, 0.4) is 0 Å². The van der Waals surface area contributed by atoms with Crippen LogP contribution in [0, 0.1) is 0 Å². The summed E-state index contributed by atoms with van der Waals surface area (Å²) in [5.41, 5.74) is 0. The number of hydrogen-bond acceptors (Lipinski definition) is 2. The molecule has 52 valence electrons. The Kier molecular flexibility index (Phi) is 2.25. The van der Waals surface area contributed by atoms with Crippen LogP contribution < -0.4 is 5.32 Å². The Hall–Kier alpha value is -0.340. The molecule has 0 aromatic rings. The fourth-order valence-electron chi connectivity index (χ4n) is 1.18. The third-order valence-electron chi connectivity index (χ3n) is 1.65. The highest BCUT2D eigenvalue weighted by atomic mass is 16.3. The lowest BCUT2D eigenvalue weighted by molar-refractivity contribution is 0.193. The van der Waals surface area contributed by atoms with Gasteiger partial charge < -0.3 is 10.4 Å². The second-order valence-electron chi connectivity index (χ2n) is 2.52. The van der Waals surface area contributed by atoms with E-state index in [4.69, 9.17) is 5.11 Å². The van der Waals surface area contributed by atoms with Crippen LogP contribution in [-0.2, 0) is 0 Å². The Labute approximate surface area is 55.6 Å². The second kappa shape index (κ2) is 2.99. The fourth-order valence-corrected chi connectivity index (χ4v) is 1.18. The minimum Gasteiger partial charge on any atom is -0.392 e. The molecule has 0 radical (unpaired) electrons. The fraction of sp³-hybridized carbons (Fsp3) is 0.714. The van der Waals surface area contributed by atoms with Crippen molar-refractivity contribution in [3.8, 4) is 0 Å². The molecule has 0 aromatic carbocycles. The van der Waals surface area contributed by atoms with E-state index in [1.807, 2.05) is 6.08 Å². The van der Waals surface area contributed by atoms with Crippen LogP contribution in [0.25, 0.3) is 0 Å². The molecule has 0 aromatic heterocycles. The largest absolute Gasteiger partial charge is 0.392 e. The monoisotopic (exact) mass is 127 g/mol. The summed E-state index contributed by atoms with van der Waals surface area (Å²) in [6.45, 7) is 4.38. The molecular weight excluding hydrogens is 114 g/mol. The van der Waals surface area contributed by atoms with Crippen LogP contribution in [0.15, 0.2) is 12.7 Å². The molecule has 2 heteroatoms. The third kappa shape index (κ3) is 1.80. The van der Waals surface area contributed by atoms with E-state index in [1.165, 1.54) is 0 Å². The summed E-state index contributed by atoms with van der Waals surface area (Å²) < 4.78 is 0. The van der Waals surface area contributed by atoms with E-state index in [9.17, 15) is 0 Å². The van der Waals surface area contributed by atoms with E-state index < -0.39 is 0 Å². The van der Waals surface area contributed by atoms with Crippen molar-refractivity contribution >= 4 is 0 Å². The summed E-state index contributed by atoms with van der Waals surface area (Å²) in [5, 5.41) is 12.2. The molecule has 1 saturated heterocycles. The van der Waals surface area contributed by atoms with E-state index in [0.717, 1.165) is 19.4 Å². The maximum Gasteiger partial charge on any atom is 0.0679 e. The molecule has 2 atom stereocenters. The van der Waals surface area contributed by atoms with Crippen molar-refractivity contribution in [2.45, 2.75) is 25.0 Å². The first-order chi connectivity index (χ1) is 4.33. The zero-order valence-corrected chi connectivity index (χ0v) is 5.51. The zero-order chi connectivity index (χ0) is 6.69. The normalized spacial score (nSPS) is 34.8. The topological polar surface area (TPSA) is 32.3 Å². The molecule has 1 aliphatic heterocycles. The molecule has 2 nitrogen and oxygen atoms in total. The molecule has 0 saturated carbocycles. The molecule has 1 aliphatic rings. The Bertz CT molecular complexity index is 103. The summed E-state index contributed by atoms with van der Waals surface area (Å²) in [6.07, 6.45) is 3.61. The lowest BCUT2D eigenvalue weighted by atomic mass is 10.1. The van der Waals surface area contributed by atoms with Gasteiger partial charge in [-0.25, -0.2) is 0 Å². The quantitative estimate of drug-likeness (QED) is 0.522. The van der Waals surface area contributed by atoms with Gasteiger partial charge in [-0.1, -0.05) is 6.08 Å². The van der Waals surface area contributed by atoms with E-state index in [-0.39, 0.29) is 6.10 Å². The van der Waals surface area contributed by atoms with Gasteiger partial charge in [0.25, 0.3) is 0 Å². The number of β-amino-alcohol motifs (C(OH)–C–C–N with tert-alkyl or cyclic N) is 1. The van der Waals surface area contributed by atoms with Gasteiger partial charge in [0.2, 0.25) is 0 Å². The highest BCUT2D eigenvalue weighted by molar-refractivity contribution is 4.86. The van der Waals surface area contributed by atoms with Crippen molar-refractivity contribution in [1.82, 2.24) is 5.32 Å². The maximum atomic E-state index is 9.03. The highest BCUT2D eigenvalue weighted by Crippen LogP contribution is 2.09.